The van der Waals surface area contributed by atoms with Crippen LogP contribution in [0.15, 0.2) is 54.6 Å². The van der Waals surface area contributed by atoms with Gasteiger partial charge in [-0.05, 0) is 98.7 Å². The quantitative estimate of drug-likeness (QED) is 0.182. The number of β-amino-alcohol motifs (C(OH)–C–C–N with tert-alkyl or cyclic N) is 1. The molecular weight excluding hydrogens is 530 g/mol. The number of hydrogen-bond acceptors (Lipinski definition) is 7. The smallest absolute Gasteiger partial charge is 0.251 e. The van der Waals surface area contributed by atoms with Gasteiger partial charge in [0.15, 0.2) is 0 Å². The molecule has 3 aromatic rings. The molecule has 0 radical (unpaired) electrons. The van der Waals surface area contributed by atoms with Gasteiger partial charge < -0.3 is 26.0 Å². The Bertz CT molecular complexity index is 1450. The molecule has 1 amide bonds. The van der Waals surface area contributed by atoms with E-state index >= 15 is 0 Å². The molecule has 0 aliphatic heterocycles. The van der Waals surface area contributed by atoms with Crippen LogP contribution in [-0.4, -0.2) is 54.5 Å². The molecule has 40 heavy (non-hydrogen) atoms. The maximum atomic E-state index is 12.8. The van der Waals surface area contributed by atoms with Crippen molar-refractivity contribution in [1.29, 1.82) is 0 Å². The van der Waals surface area contributed by atoms with Crippen LogP contribution in [0, 0.1) is 13.8 Å². The fourth-order valence-electron chi connectivity index (χ4n) is 4.41. The third-order valence-electron chi connectivity index (χ3n) is 6.71. The molecule has 0 heterocycles. The first kappa shape index (κ1) is 30.9. The highest BCUT2D eigenvalue weighted by Crippen LogP contribution is 2.28. The number of nitrogens with one attached hydrogen (secondary N) is 3. The zero-order valence-electron chi connectivity index (χ0n) is 23.6. The van der Waals surface area contributed by atoms with Crippen molar-refractivity contribution in [3.63, 3.8) is 0 Å². The maximum absolute atomic E-state index is 12.8. The van der Waals surface area contributed by atoms with Gasteiger partial charge in [0.2, 0.25) is 10.0 Å². The molecule has 0 bridgehead atoms. The fourth-order valence-corrected chi connectivity index (χ4v) is 4.97. The van der Waals surface area contributed by atoms with Crippen molar-refractivity contribution >= 4 is 21.6 Å². The van der Waals surface area contributed by atoms with E-state index in [4.69, 9.17) is 0 Å². The normalized spacial score (nSPS) is 12.7. The summed E-state index contributed by atoms with van der Waals surface area (Å²) in [6.45, 7) is 8.41. The number of rotatable bonds is 12. The molecule has 0 aliphatic carbocycles. The first-order valence-electron chi connectivity index (χ1n) is 13.0. The minimum absolute atomic E-state index is 0.000489. The highest BCUT2D eigenvalue weighted by molar-refractivity contribution is 7.92. The van der Waals surface area contributed by atoms with Gasteiger partial charge in [-0.2, -0.15) is 0 Å². The lowest BCUT2D eigenvalue weighted by atomic mass is 9.93. The summed E-state index contributed by atoms with van der Waals surface area (Å²) in [5.74, 6) is -0.153. The van der Waals surface area contributed by atoms with Crippen LogP contribution in [0.25, 0.3) is 0 Å². The molecule has 3 aromatic carbocycles. The number of aliphatic hydroxyl groups excluding tert-OH is 1. The van der Waals surface area contributed by atoms with Crippen LogP contribution < -0.4 is 15.4 Å². The second kappa shape index (κ2) is 12.7. The van der Waals surface area contributed by atoms with E-state index in [9.17, 15) is 28.5 Å². The molecule has 0 aromatic heterocycles. The van der Waals surface area contributed by atoms with Crippen LogP contribution in [0.4, 0.5) is 5.69 Å². The molecule has 9 nitrogen and oxygen atoms in total. The highest BCUT2D eigenvalue weighted by Gasteiger charge is 2.21. The molecule has 0 fully saturated rings. The van der Waals surface area contributed by atoms with Crippen molar-refractivity contribution in [2.24, 2.45) is 0 Å². The number of aliphatic hydroxyl groups is 1. The van der Waals surface area contributed by atoms with E-state index in [1.54, 1.807) is 12.1 Å². The molecule has 0 aliphatic rings. The van der Waals surface area contributed by atoms with Crippen LogP contribution >= 0.6 is 0 Å². The third kappa shape index (κ3) is 8.97. The molecule has 6 N–H and O–H groups in total. The largest absolute Gasteiger partial charge is 0.508 e. The Labute approximate surface area is 236 Å². The second-order valence-electron chi connectivity index (χ2n) is 10.9. The third-order valence-corrected chi connectivity index (χ3v) is 7.30. The Morgan fingerprint density at radius 1 is 0.975 bits per heavy atom. The summed E-state index contributed by atoms with van der Waals surface area (Å²) in [4.78, 5) is 12.8. The summed E-state index contributed by atoms with van der Waals surface area (Å²) >= 11 is 0. The first-order chi connectivity index (χ1) is 18.6. The van der Waals surface area contributed by atoms with Gasteiger partial charge in [-0.1, -0.05) is 24.3 Å². The SMILES string of the molecule is Cc1cc(CCNC(=O)c2cccc(CC(C)(C)NC[C@H](O)c3ccc(O)c(NS(C)(=O)=O)c3)c2)cc(O)c1C. The Morgan fingerprint density at radius 2 is 1.70 bits per heavy atom. The molecule has 1 atom stereocenters. The number of anilines is 1. The molecule has 216 valence electrons. The topological polar surface area (TPSA) is 148 Å². The van der Waals surface area contributed by atoms with Crippen LogP contribution in [0.3, 0.4) is 0 Å². The van der Waals surface area contributed by atoms with E-state index in [-0.39, 0.29) is 29.6 Å². The van der Waals surface area contributed by atoms with E-state index in [1.807, 2.05) is 52.0 Å². The van der Waals surface area contributed by atoms with Crippen molar-refractivity contribution < 1.29 is 28.5 Å². The van der Waals surface area contributed by atoms with E-state index in [0.29, 0.717) is 30.5 Å². The van der Waals surface area contributed by atoms with E-state index in [2.05, 4.69) is 15.4 Å². The van der Waals surface area contributed by atoms with Crippen molar-refractivity contribution in [2.75, 3.05) is 24.1 Å². The average Bonchev–Trinajstić information content (AvgIpc) is 2.86. The van der Waals surface area contributed by atoms with E-state index in [0.717, 1.165) is 28.5 Å². The first-order valence-corrected chi connectivity index (χ1v) is 14.9. The lowest BCUT2D eigenvalue weighted by Gasteiger charge is -2.28. The predicted octanol–water partition coefficient (Wildman–Crippen LogP) is 3.70. The van der Waals surface area contributed by atoms with E-state index in [1.165, 1.54) is 18.2 Å². The maximum Gasteiger partial charge on any atom is 0.251 e. The summed E-state index contributed by atoms with van der Waals surface area (Å²) in [6.07, 6.45) is 1.22. The number of benzene rings is 3. The van der Waals surface area contributed by atoms with Crippen molar-refractivity contribution in [2.45, 2.75) is 52.2 Å². The number of sulfonamides is 1. The van der Waals surface area contributed by atoms with Crippen LogP contribution in [0.5, 0.6) is 11.5 Å². The average molecular weight is 570 g/mol. The molecular formula is C30H39N3O6S. The Hall–Kier alpha value is -3.60. The van der Waals surface area contributed by atoms with Crippen molar-refractivity contribution in [1.82, 2.24) is 10.6 Å². The standard InChI is InChI=1S/C30H39N3O6S/c1-19-13-21(15-27(35)20(19)2)11-12-31-29(37)24-8-6-7-22(14-24)17-30(3,4)32-18-28(36)23-9-10-26(34)25(16-23)33-40(5,38)39/h6-10,13-16,28,32-36H,11-12,17-18H2,1-5H3,(H,31,37)/t28-/m0/s1. The predicted molar refractivity (Wildman–Crippen MR) is 157 cm³/mol. The summed E-state index contributed by atoms with van der Waals surface area (Å²) in [6, 6.07) is 15.4. The van der Waals surface area contributed by atoms with Gasteiger partial charge in [-0.15, -0.1) is 0 Å². The van der Waals surface area contributed by atoms with Crippen LogP contribution in [0.2, 0.25) is 0 Å². The van der Waals surface area contributed by atoms with Crippen molar-refractivity contribution in [3.05, 3.63) is 88.0 Å². The summed E-state index contributed by atoms with van der Waals surface area (Å²) < 4.78 is 25.3. The van der Waals surface area contributed by atoms with Gasteiger partial charge in [-0.25, -0.2) is 8.42 Å². The number of carbonyl (C=O) groups excluding carboxylic acids is 1. The molecule has 0 saturated heterocycles. The van der Waals surface area contributed by atoms with Gasteiger partial charge in [0.1, 0.15) is 11.5 Å². The Balaban J connectivity index is 1.56. The number of carbonyl (C=O) groups is 1. The highest BCUT2D eigenvalue weighted by atomic mass is 32.2. The zero-order valence-corrected chi connectivity index (χ0v) is 24.4. The van der Waals surface area contributed by atoms with Gasteiger partial charge >= 0.3 is 0 Å². The fraction of sp³-hybridized carbons (Fsp3) is 0.367. The monoisotopic (exact) mass is 569 g/mol. The number of hydrogen-bond donors (Lipinski definition) is 6. The molecule has 0 spiro atoms. The summed E-state index contributed by atoms with van der Waals surface area (Å²) in [5.41, 5.74) is 4.32. The number of aromatic hydroxyl groups is 2. The van der Waals surface area contributed by atoms with Gasteiger partial charge in [0, 0.05) is 24.2 Å². The number of amides is 1. The minimum atomic E-state index is -3.59. The molecule has 10 heteroatoms. The second-order valence-corrected chi connectivity index (χ2v) is 12.6. The lowest BCUT2D eigenvalue weighted by Crippen LogP contribution is -2.43. The number of aryl methyl sites for hydroxylation is 1. The molecule has 3 rings (SSSR count). The van der Waals surface area contributed by atoms with Gasteiger partial charge in [0.25, 0.3) is 5.91 Å². The van der Waals surface area contributed by atoms with Crippen LogP contribution in [-0.2, 0) is 22.9 Å². The number of phenolic OH excluding ortho intramolecular Hbond substituents is 2. The molecule has 0 saturated carbocycles. The van der Waals surface area contributed by atoms with Crippen molar-refractivity contribution in [3.8, 4) is 11.5 Å². The lowest BCUT2D eigenvalue weighted by molar-refractivity contribution is 0.0954. The Kier molecular flexibility index (Phi) is 9.83. The molecule has 0 unspecified atom stereocenters. The number of phenols is 2. The van der Waals surface area contributed by atoms with Gasteiger partial charge in [0.05, 0.1) is 18.0 Å². The van der Waals surface area contributed by atoms with E-state index < -0.39 is 21.7 Å². The van der Waals surface area contributed by atoms with Crippen LogP contribution in [0.1, 0.15) is 58.1 Å². The van der Waals surface area contributed by atoms with Gasteiger partial charge in [-0.3, -0.25) is 9.52 Å². The summed E-state index contributed by atoms with van der Waals surface area (Å²) in [7, 11) is -3.59. The zero-order chi connectivity index (χ0) is 29.7. The minimum Gasteiger partial charge on any atom is -0.508 e. The summed E-state index contributed by atoms with van der Waals surface area (Å²) in [5, 5.41) is 36.9. The Morgan fingerprint density at radius 3 is 2.38 bits per heavy atom.